The average molecular weight is 348 g/mol. The topological polar surface area (TPSA) is 84.7 Å². The van der Waals surface area contributed by atoms with E-state index in [-0.39, 0.29) is 5.69 Å². The zero-order chi connectivity index (χ0) is 17.9. The summed E-state index contributed by atoms with van der Waals surface area (Å²) in [6.07, 6.45) is 1.57. The summed E-state index contributed by atoms with van der Waals surface area (Å²) in [6.45, 7) is 0. The van der Waals surface area contributed by atoms with Gasteiger partial charge in [-0.05, 0) is 30.3 Å². The Kier molecular flexibility index (Phi) is 4.33. The molecule has 2 amide bonds. The summed E-state index contributed by atoms with van der Waals surface area (Å²) in [4.78, 5) is 19.9. The monoisotopic (exact) mass is 348 g/mol. The van der Waals surface area contributed by atoms with Crippen LogP contribution >= 0.6 is 0 Å². The van der Waals surface area contributed by atoms with Gasteiger partial charge in [0.25, 0.3) is 0 Å². The zero-order valence-corrected chi connectivity index (χ0v) is 12.5. The minimum Gasteiger partial charge on any atom is -0.308 e. The van der Waals surface area contributed by atoms with Gasteiger partial charge in [-0.1, -0.05) is 0 Å². The Hall–Kier alpha value is -3.43. The predicted octanol–water partition coefficient (Wildman–Crippen LogP) is 3.33. The van der Waals surface area contributed by atoms with Crippen molar-refractivity contribution in [3.05, 3.63) is 60.7 Å². The number of hydrogen-bond donors (Lipinski definition) is 2. The summed E-state index contributed by atoms with van der Waals surface area (Å²) >= 11 is 0. The smallest absolute Gasteiger partial charge is 0.308 e. The van der Waals surface area contributed by atoms with Crippen LogP contribution in [0.25, 0.3) is 5.95 Å². The summed E-state index contributed by atoms with van der Waals surface area (Å²) < 4.78 is 38.8. The van der Waals surface area contributed by atoms with Gasteiger partial charge in [0.2, 0.25) is 5.95 Å². The van der Waals surface area contributed by atoms with Crippen LogP contribution in [0.3, 0.4) is 0 Å². The lowest BCUT2D eigenvalue weighted by atomic mass is 10.2. The Labute approximate surface area is 139 Å². The van der Waals surface area contributed by atoms with Crippen molar-refractivity contribution < 1.29 is 18.0 Å². The summed E-state index contributed by atoms with van der Waals surface area (Å²) in [5, 5.41) is 8.96. The molecule has 10 heteroatoms. The molecule has 2 heterocycles. The minimum atomic E-state index is -4.42. The lowest BCUT2D eigenvalue weighted by Gasteiger charge is -2.09. The highest BCUT2D eigenvalue weighted by Gasteiger charge is 2.29. The van der Waals surface area contributed by atoms with Crippen LogP contribution in [0.15, 0.2) is 55.1 Å². The average Bonchev–Trinajstić information content (AvgIpc) is 3.03. The number of hydrogen-bond acceptors (Lipinski definition) is 4. The number of benzene rings is 1. The quantitative estimate of drug-likeness (QED) is 0.760. The van der Waals surface area contributed by atoms with Crippen molar-refractivity contribution in [3.63, 3.8) is 0 Å². The van der Waals surface area contributed by atoms with Crippen LogP contribution in [0, 0.1) is 0 Å². The van der Waals surface area contributed by atoms with E-state index in [2.05, 4.69) is 25.7 Å². The van der Waals surface area contributed by atoms with Crippen LogP contribution < -0.4 is 10.6 Å². The minimum absolute atomic E-state index is 0.226. The van der Waals surface area contributed by atoms with Crippen LogP contribution in [0.2, 0.25) is 0 Å². The Bertz CT molecular complexity index is 861. The van der Waals surface area contributed by atoms with Crippen molar-refractivity contribution in [2.75, 3.05) is 10.6 Å². The molecule has 2 aromatic heterocycles. The molecule has 0 saturated carbocycles. The highest BCUT2D eigenvalue weighted by atomic mass is 19.4. The number of aromatic nitrogens is 4. The molecule has 0 fully saturated rings. The van der Waals surface area contributed by atoms with E-state index in [9.17, 15) is 18.0 Å². The van der Waals surface area contributed by atoms with E-state index in [1.165, 1.54) is 29.2 Å². The van der Waals surface area contributed by atoms with Crippen LogP contribution in [-0.4, -0.2) is 25.8 Å². The van der Waals surface area contributed by atoms with Crippen molar-refractivity contribution in [1.29, 1.82) is 0 Å². The SMILES string of the molecule is O=C(Nc1ccc(C(F)(F)F)cc1)Nc1cnn(-c2ncccn2)c1. The van der Waals surface area contributed by atoms with Gasteiger partial charge in [0, 0.05) is 18.1 Å². The lowest BCUT2D eigenvalue weighted by Crippen LogP contribution is -2.19. The summed E-state index contributed by atoms with van der Waals surface area (Å²) in [5.41, 5.74) is -0.191. The molecule has 1 aromatic carbocycles. The van der Waals surface area contributed by atoms with Crippen LogP contribution in [0.5, 0.6) is 0 Å². The molecular formula is C15H11F3N6O. The van der Waals surface area contributed by atoms with Crippen molar-refractivity contribution in [2.45, 2.75) is 6.18 Å². The molecule has 0 aliphatic heterocycles. The third kappa shape index (κ3) is 4.10. The third-order valence-electron chi connectivity index (χ3n) is 3.07. The number of nitrogens with one attached hydrogen (secondary N) is 2. The Morgan fingerprint density at radius 2 is 1.64 bits per heavy atom. The van der Waals surface area contributed by atoms with Gasteiger partial charge in [0.05, 0.1) is 23.6 Å². The van der Waals surface area contributed by atoms with E-state index in [4.69, 9.17) is 0 Å². The maximum absolute atomic E-state index is 12.5. The third-order valence-corrected chi connectivity index (χ3v) is 3.07. The molecule has 3 rings (SSSR count). The Balaban J connectivity index is 1.62. The second-order valence-corrected chi connectivity index (χ2v) is 4.88. The first-order chi connectivity index (χ1) is 11.9. The fourth-order valence-electron chi connectivity index (χ4n) is 1.94. The number of alkyl halides is 3. The van der Waals surface area contributed by atoms with E-state index in [0.29, 0.717) is 11.6 Å². The number of urea groups is 1. The molecule has 2 N–H and O–H groups in total. The normalized spacial score (nSPS) is 11.2. The second-order valence-electron chi connectivity index (χ2n) is 4.88. The standard InChI is InChI=1S/C15H11F3N6O/c16-15(17,18)10-2-4-11(5-3-10)22-14(25)23-12-8-21-24(9-12)13-19-6-1-7-20-13/h1-9H,(H2,22,23,25). The van der Waals surface area contributed by atoms with Gasteiger partial charge in [-0.25, -0.2) is 19.4 Å². The van der Waals surface area contributed by atoms with E-state index < -0.39 is 17.8 Å². The van der Waals surface area contributed by atoms with Crippen molar-refractivity contribution in [1.82, 2.24) is 19.7 Å². The molecule has 0 unspecified atom stereocenters. The summed E-state index contributed by atoms with van der Waals surface area (Å²) in [6, 6.07) is 5.16. The van der Waals surface area contributed by atoms with Crippen molar-refractivity contribution in [3.8, 4) is 5.95 Å². The van der Waals surface area contributed by atoms with E-state index >= 15 is 0 Å². The van der Waals surface area contributed by atoms with E-state index in [1.807, 2.05) is 0 Å². The number of nitrogens with zero attached hydrogens (tertiary/aromatic N) is 4. The molecule has 0 aliphatic rings. The fourth-order valence-corrected chi connectivity index (χ4v) is 1.94. The zero-order valence-electron chi connectivity index (χ0n) is 12.5. The van der Waals surface area contributed by atoms with Gasteiger partial charge in [0.1, 0.15) is 0 Å². The van der Waals surface area contributed by atoms with Gasteiger partial charge in [-0.15, -0.1) is 0 Å². The van der Waals surface area contributed by atoms with Crippen molar-refractivity contribution in [2.24, 2.45) is 0 Å². The highest BCUT2D eigenvalue weighted by Crippen LogP contribution is 2.29. The first-order valence-electron chi connectivity index (χ1n) is 6.99. The Morgan fingerprint density at radius 1 is 1.00 bits per heavy atom. The molecule has 0 saturated heterocycles. The molecule has 7 nitrogen and oxygen atoms in total. The van der Waals surface area contributed by atoms with Gasteiger partial charge < -0.3 is 10.6 Å². The Morgan fingerprint density at radius 3 is 2.28 bits per heavy atom. The van der Waals surface area contributed by atoms with E-state index in [1.54, 1.807) is 18.5 Å². The number of carbonyl (C=O) groups excluding carboxylic acids is 1. The van der Waals surface area contributed by atoms with Gasteiger partial charge in [0.15, 0.2) is 0 Å². The van der Waals surface area contributed by atoms with Gasteiger partial charge >= 0.3 is 12.2 Å². The number of halogens is 3. The molecule has 25 heavy (non-hydrogen) atoms. The first-order valence-corrected chi connectivity index (χ1v) is 6.99. The molecule has 0 bridgehead atoms. The van der Waals surface area contributed by atoms with Crippen LogP contribution in [-0.2, 0) is 6.18 Å². The molecule has 128 valence electrons. The lowest BCUT2D eigenvalue weighted by molar-refractivity contribution is -0.137. The molecule has 0 aliphatic carbocycles. The second kappa shape index (κ2) is 6.59. The first kappa shape index (κ1) is 16.4. The van der Waals surface area contributed by atoms with Crippen LogP contribution in [0.1, 0.15) is 5.56 Å². The number of amides is 2. The molecule has 0 spiro atoms. The number of carbonyl (C=O) groups is 1. The maximum atomic E-state index is 12.5. The largest absolute Gasteiger partial charge is 0.416 e. The number of rotatable bonds is 3. The van der Waals surface area contributed by atoms with Gasteiger partial charge in [-0.2, -0.15) is 18.3 Å². The summed E-state index contributed by atoms with van der Waals surface area (Å²) in [5.74, 6) is 0.332. The molecule has 3 aromatic rings. The molecule has 0 atom stereocenters. The maximum Gasteiger partial charge on any atom is 0.416 e. The predicted molar refractivity (Wildman–Crippen MR) is 83.2 cm³/mol. The highest BCUT2D eigenvalue weighted by molar-refractivity contribution is 5.99. The van der Waals surface area contributed by atoms with E-state index in [0.717, 1.165) is 12.1 Å². The number of anilines is 2. The van der Waals surface area contributed by atoms with Crippen LogP contribution in [0.4, 0.5) is 29.3 Å². The van der Waals surface area contributed by atoms with Crippen molar-refractivity contribution >= 4 is 17.4 Å². The van der Waals surface area contributed by atoms with Gasteiger partial charge in [-0.3, -0.25) is 0 Å². The summed E-state index contributed by atoms with van der Waals surface area (Å²) in [7, 11) is 0. The molecule has 0 radical (unpaired) electrons. The molecular weight excluding hydrogens is 337 g/mol. The fraction of sp³-hybridized carbons (Fsp3) is 0.0667.